The van der Waals surface area contributed by atoms with Crippen LogP contribution in [0.1, 0.15) is 11.1 Å². The molecule has 2 aromatic rings. The first-order chi connectivity index (χ1) is 9.11. The van der Waals surface area contributed by atoms with E-state index in [0.29, 0.717) is 5.56 Å². The molecular weight excluding hydrogens is 272 g/mol. The SMILES string of the molecule is NCc1ccc(F)cc1COc1c(F)cccc1Cl. The van der Waals surface area contributed by atoms with Gasteiger partial charge in [-0.05, 0) is 35.4 Å². The number of halogens is 3. The van der Waals surface area contributed by atoms with Gasteiger partial charge >= 0.3 is 0 Å². The van der Waals surface area contributed by atoms with Crippen LogP contribution < -0.4 is 10.5 Å². The van der Waals surface area contributed by atoms with Crippen molar-refractivity contribution in [2.45, 2.75) is 13.2 Å². The predicted molar refractivity (Wildman–Crippen MR) is 70.0 cm³/mol. The van der Waals surface area contributed by atoms with Gasteiger partial charge in [-0.15, -0.1) is 0 Å². The molecule has 100 valence electrons. The monoisotopic (exact) mass is 283 g/mol. The fourth-order valence-corrected chi connectivity index (χ4v) is 1.92. The van der Waals surface area contributed by atoms with E-state index in [1.54, 1.807) is 6.07 Å². The van der Waals surface area contributed by atoms with Crippen LogP contribution in [0.3, 0.4) is 0 Å². The highest BCUT2D eigenvalue weighted by Gasteiger charge is 2.10. The minimum Gasteiger partial charge on any atom is -0.484 e. The van der Waals surface area contributed by atoms with Gasteiger partial charge < -0.3 is 10.5 Å². The number of hydrogen-bond acceptors (Lipinski definition) is 2. The Morgan fingerprint density at radius 1 is 1.11 bits per heavy atom. The molecule has 19 heavy (non-hydrogen) atoms. The van der Waals surface area contributed by atoms with Crippen LogP contribution in [0.2, 0.25) is 5.02 Å². The normalized spacial score (nSPS) is 10.5. The molecule has 0 aliphatic heterocycles. The average molecular weight is 284 g/mol. The zero-order valence-electron chi connectivity index (χ0n) is 10.00. The van der Waals surface area contributed by atoms with Gasteiger partial charge in [0.15, 0.2) is 11.6 Å². The van der Waals surface area contributed by atoms with Gasteiger partial charge in [0.1, 0.15) is 12.4 Å². The molecule has 0 radical (unpaired) electrons. The van der Waals surface area contributed by atoms with Crippen LogP contribution in [0.25, 0.3) is 0 Å². The van der Waals surface area contributed by atoms with E-state index in [9.17, 15) is 8.78 Å². The summed E-state index contributed by atoms with van der Waals surface area (Å²) >= 11 is 5.84. The smallest absolute Gasteiger partial charge is 0.174 e. The Bertz CT molecular complexity index is 569. The Morgan fingerprint density at radius 2 is 1.89 bits per heavy atom. The fraction of sp³-hybridized carbons (Fsp3) is 0.143. The summed E-state index contributed by atoms with van der Waals surface area (Å²) in [5.41, 5.74) is 6.87. The van der Waals surface area contributed by atoms with Crippen LogP contribution in [0, 0.1) is 11.6 Å². The second-order valence-corrected chi connectivity index (χ2v) is 4.36. The van der Waals surface area contributed by atoms with Crippen molar-refractivity contribution in [2.75, 3.05) is 0 Å². The summed E-state index contributed by atoms with van der Waals surface area (Å²) < 4.78 is 32.0. The molecule has 2 rings (SSSR count). The summed E-state index contributed by atoms with van der Waals surface area (Å²) in [5, 5.41) is 0.172. The molecule has 5 heteroatoms. The van der Waals surface area contributed by atoms with Crippen LogP contribution in [-0.4, -0.2) is 0 Å². The molecule has 0 aliphatic carbocycles. The number of benzene rings is 2. The maximum Gasteiger partial charge on any atom is 0.174 e. The van der Waals surface area contributed by atoms with Crippen molar-refractivity contribution < 1.29 is 13.5 Å². The van der Waals surface area contributed by atoms with Gasteiger partial charge in [0.25, 0.3) is 0 Å². The zero-order chi connectivity index (χ0) is 13.8. The molecule has 0 aliphatic rings. The van der Waals surface area contributed by atoms with Gasteiger partial charge in [-0.3, -0.25) is 0 Å². The average Bonchev–Trinajstić information content (AvgIpc) is 2.38. The first-order valence-corrected chi connectivity index (χ1v) is 6.04. The maximum atomic E-state index is 13.5. The summed E-state index contributed by atoms with van der Waals surface area (Å²) in [6.45, 7) is 0.259. The number of nitrogens with two attached hydrogens (primary N) is 1. The van der Waals surface area contributed by atoms with Crippen molar-refractivity contribution in [2.24, 2.45) is 5.73 Å². The van der Waals surface area contributed by atoms with E-state index in [1.807, 2.05) is 0 Å². The fourth-order valence-electron chi connectivity index (χ4n) is 1.70. The predicted octanol–water partition coefficient (Wildman–Crippen LogP) is 3.66. The van der Waals surface area contributed by atoms with Gasteiger partial charge in [0.05, 0.1) is 5.02 Å². The lowest BCUT2D eigenvalue weighted by Gasteiger charge is -2.11. The molecule has 2 nitrogen and oxygen atoms in total. The largest absolute Gasteiger partial charge is 0.484 e. The van der Waals surface area contributed by atoms with E-state index in [-0.39, 0.29) is 23.9 Å². The minimum absolute atomic E-state index is 0.00491. The quantitative estimate of drug-likeness (QED) is 0.929. The van der Waals surface area contributed by atoms with Gasteiger partial charge in [0.2, 0.25) is 0 Å². The number of rotatable bonds is 4. The summed E-state index contributed by atoms with van der Waals surface area (Å²) in [6, 6.07) is 8.47. The topological polar surface area (TPSA) is 35.2 Å². The molecule has 0 heterocycles. The van der Waals surface area contributed by atoms with Crippen molar-refractivity contribution in [3.05, 3.63) is 64.2 Å². The Hall–Kier alpha value is -1.65. The Kier molecular flexibility index (Phi) is 4.35. The standard InChI is InChI=1S/C14H12ClF2NO/c15-12-2-1-3-13(17)14(12)19-8-10-6-11(16)5-4-9(10)7-18/h1-6H,7-8,18H2. The summed E-state index contributed by atoms with van der Waals surface area (Å²) in [5.74, 6) is -0.995. The first-order valence-electron chi connectivity index (χ1n) is 5.66. The van der Waals surface area contributed by atoms with Gasteiger partial charge in [-0.2, -0.15) is 0 Å². The molecular formula is C14H12ClF2NO. The van der Waals surface area contributed by atoms with E-state index < -0.39 is 11.6 Å². The highest BCUT2D eigenvalue weighted by atomic mass is 35.5. The summed E-state index contributed by atoms with van der Waals surface area (Å²) in [6.07, 6.45) is 0. The van der Waals surface area contributed by atoms with Gasteiger partial charge in [-0.1, -0.05) is 23.7 Å². The van der Waals surface area contributed by atoms with Crippen LogP contribution in [-0.2, 0) is 13.2 Å². The van der Waals surface area contributed by atoms with E-state index in [2.05, 4.69) is 0 Å². The third-order valence-electron chi connectivity index (χ3n) is 2.68. The van der Waals surface area contributed by atoms with Gasteiger partial charge in [-0.25, -0.2) is 8.78 Å². The Morgan fingerprint density at radius 3 is 2.58 bits per heavy atom. The number of para-hydroxylation sites is 1. The third-order valence-corrected chi connectivity index (χ3v) is 2.98. The molecule has 0 saturated heterocycles. The number of hydrogen-bond donors (Lipinski definition) is 1. The maximum absolute atomic E-state index is 13.5. The molecule has 0 spiro atoms. The highest BCUT2D eigenvalue weighted by Crippen LogP contribution is 2.28. The molecule has 2 N–H and O–H groups in total. The molecule has 0 fully saturated rings. The van der Waals surface area contributed by atoms with E-state index >= 15 is 0 Å². The Balaban J connectivity index is 2.21. The van der Waals surface area contributed by atoms with Crippen molar-refractivity contribution in [1.29, 1.82) is 0 Å². The summed E-state index contributed by atoms with van der Waals surface area (Å²) in [4.78, 5) is 0. The second-order valence-electron chi connectivity index (χ2n) is 3.96. The molecule has 0 saturated carbocycles. The van der Waals surface area contributed by atoms with Crippen LogP contribution in [0.15, 0.2) is 36.4 Å². The van der Waals surface area contributed by atoms with Crippen molar-refractivity contribution in [3.63, 3.8) is 0 Å². The minimum atomic E-state index is -0.557. The van der Waals surface area contributed by atoms with Gasteiger partial charge in [0, 0.05) is 6.54 Å². The zero-order valence-corrected chi connectivity index (χ0v) is 10.8. The second kappa shape index (κ2) is 5.99. The molecule has 0 bridgehead atoms. The molecule has 2 aromatic carbocycles. The lowest BCUT2D eigenvalue weighted by Crippen LogP contribution is -2.06. The molecule has 0 aromatic heterocycles. The van der Waals surface area contributed by atoms with Crippen LogP contribution in [0.5, 0.6) is 5.75 Å². The van der Waals surface area contributed by atoms with Crippen LogP contribution >= 0.6 is 11.6 Å². The Labute approximate surface area is 114 Å². The molecule has 0 atom stereocenters. The van der Waals surface area contributed by atoms with E-state index in [0.717, 1.165) is 5.56 Å². The van der Waals surface area contributed by atoms with Crippen molar-refractivity contribution >= 4 is 11.6 Å². The van der Waals surface area contributed by atoms with E-state index in [4.69, 9.17) is 22.1 Å². The van der Waals surface area contributed by atoms with E-state index in [1.165, 1.54) is 30.3 Å². The number of ether oxygens (including phenoxy) is 1. The molecule has 0 unspecified atom stereocenters. The third kappa shape index (κ3) is 3.22. The summed E-state index contributed by atoms with van der Waals surface area (Å²) in [7, 11) is 0. The lowest BCUT2D eigenvalue weighted by molar-refractivity contribution is 0.289. The van der Waals surface area contributed by atoms with Crippen LogP contribution in [0.4, 0.5) is 8.78 Å². The van der Waals surface area contributed by atoms with Crippen molar-refractivity contribution in [3.8, 4) is 5.75 Å². The lowest BCUT2D eigenvalue weighted by atomic mass is 10.1. The highest BCUT2D eigenvalue weighted by molar-refractivity contribution is 6.32. The molecule has 0 amide bonds. The van der Waals surface area contributed by atoms with Crippen molar-refractivity contribution in [1.82, 2.24) is 0 Å². The first kappa shape index (κ1) is 13.8.